The SMILES string of the molecule is CN[N]C1CC1. The predicted molar refractivity (Wildman–Crippen MR) is 24.2 cm³/mol. The normalized spacial score (nSPS) is 21.5. The van der Waals surface area contributed by atoms with Crippen molar-refractivity contribution in [2.24, 2.45) is 0 Å². The van der Waals surface area contributed by atoms with Crippen molar-refractivity contribution in [3.8, 4) is 0 Å². The van der Waals surface area contributed by atoms with E-state index in [1.165, 1.54) is 12.8 Å². The Morgan fingerprint density at radius 3 is 2.50 bits per heavy atom. The molecule has 0 aromatic carbocycles. The van der Waals surface area contributed by atoms with Crippen LogP contribution in [0.4, 0.5) is 0 Å². The fourth-order valence-corrected chi connectivity index (χ4v) is 0.386. The van der Waals surface area contributed by atoms with Gasteiger partial charge >= 0.3 is 0 Å². The van der Waals surface area contributed by atoms with Crippen molar-refractivity contribution in [1.29, 1.82) is 0 Å². The van der Waals surface area contributed by atoms with Crippen molar-refractivity contribution in [2.45, 2.75) is 18.9 Å². The lowest BCUT2D eigenvalue weighted by molar-refractivity contribution is 0.577. The van der Waals surface area contributed by atoms with Gasteiger partial charge in [0.1, 0.15) is 0 Å². The lowest BCUT2D eigenvalue weighted by atomic mass is 10.8. The molecule has 1 rings (SSSR count). The van der Waals surface area contributed by atoms with Gasteiger partial charge in [-0.2, -0.15) is 5.43 Å². The average Bonchev–Trinajstić information content (AvgIpc) is 2.21. The minimum absolute atomic E-state index is 0.662. The second-order valence-corrected chi connectivity index (χ2v) is 1.58. The second kappa shape index (κ2) is 1.58. The van der Waals surface area contributed by atoms with E-state index < -0.39 is 0 Å². The molecular formula is C4H9N2. The molecule has 1 saturated carbocycles. The minimum Gasteiger partial charge on any atom is -0.243 e. The van der Waals surface area contributed by atoms with E-state index in [0.717, 1.165) is 0 Å². The highest BCUT2D eigenvalue weighted by Crippen LogP contribution is 2.18. The van der Waals surface area contributed by atoms with Crippen LogP contribution in [0.25, 0.3) is 0 Å². The maximum absolute atomic E-state index is 3.99. The molecule has 1 N–H and O–H groups in total. The van der Waals surface area contributed by atoms with Crippen molar-refractivity contribution < 1.29 is 0 Å². The topological polar surface area (TPSA) is 26.1 Å². The third kappa shape index (κ3) is 0.954. The highest BCUT2D eigenvalue weighted by atomic mass is 15.4. The Morgan fingerprint density at radius 2 is 2.33 bits per heavy atom. The summed E-state index contributed by atoms with van der Waals surface area (Å²) in [5.74, 6) is 0. The van der Waals surface area contributed by atoms with E-state index in [4.69, 9.17) is 0 Å². The first-order valence-electron chi connectivity index (χ1n) is 2.30. The standard InChI is InChI=1S/C4H9N2/c1-5-6-4-2-3-4/h4-5H,2-3H2,1H3. The molecular weight excluding hydrogens is 76.1 g/mol. The smallest absolute Gasteiger partial charge is 0.0417 e. The van der Waals surface area contributed by atoms with Crippen molar-refractivity contribution in [2.75, 3.05) is 7.05 Å². The first-order valence-corrected chi connectivity index (χ1v) is 2.30. The molecule has 0 spiro atoms. The highest BCUT2D eigenvalue weighted by molar-refractivity contribution is 4.77. The first kappa shape index (κ1) is 4.09. The summed E-state index contributed by atoms with van der Waals surface area (Å²) in [4.78, 5) is 0. The molecule has 1 aliphatic carbocycles. The van der Waals surface area contributed by atoms with Crippen LogP contribution in [-0.4, -0.2) is 13.1 Å². The zero-order valence-electron chi connectivity index (χ0n) is 3.94. The monoisotopic (exact) mass is 85.1 g/mol. The van der Waals surface area contributed by atoms with Crippen molar-refractivity contribution >= 4 is 0 Å². The molecule has 0 unspecified atom stereocenters. The van der Waals surface area contributed by atoms with Crippen LogP contribution in [0.3, 0.4) is 0 Å². The Labute approximate surface area is 37.9 Å². The van der Waals surface area contributed by atoms with Gasteiger partial charge in [-0.05, 0) is 12.8 Å². The number of nitrogens with one attached hydrogen (secondary N) is 1. The molecule has 0 amide bonds. The van der Waals surface area contributed by atoms with Crippen molar-refractivity contribution in [3.05, 3.63) is 0 Å². The quantitative estimate of drug-likeness (QED) is 0.465. The van der Waals surface area contributed by atoms with E-state index >= 15 is 0 Å². The largest absolute Gasteiger partial charge is 0.243 e. The van der Waals surface area contributed by atoms with E-state index in [9.17, 15) is 0 Å². The summed E-state index contributed by atoms with van der Waals surface area (Å²) >= 11 is 0. The fourth-order valence-electron chi connectivity index (χ4n) is 0.386. The Morgan fingerprint density at radius 1 is 1.67 bits per heavy atom. The van der Waals surface area contributed by atoms with Crippen LogP contribution in [-0.2, 0) is 0 Å². The lowest BCUT2D eigenvalue weighted by Gasteiger charge is -1.88. The van der Waals surface area contributed by atoms with Gasteiger partial charge in [-0.1, -0.05) is 0 Å². The van der Waals surface area contributed by atoms with E-state index in [1.807, 2.05) is 7.05 Å². The Bertz CT molecular complexity index is 40.8. The Hall–Kier alpha value is -0.0800. The van der Waals surface area contributed by atoms with E-state index in [-0.39, 0.29) is 0 Å². The molecule has 0 atom stereocenters. The minimum atomic E-state index is 0.662. The second-order valence-electron chi connectivity index (χ2n) is 1.58. The molecule has 1 fully saturated rings. The van der Waals surface area contributed by atoms with E-state index in [0.29, 0.717) is 6.04 Å². The molecule has 0 bridgehead atoms. The van der Waals surface area contributed by atoms with Crippen molar-refractivity contribution in [1.82, 2.24) is 10.9 Å². The Kier molecular flexibility index (Phi) is 1.08. The fraction of sp³-hybridized carbons (Fsp3) is 1.00. The Balaban J connectivity index is 1.88. The van der Waals surface area contributed by atoms with Gasteiger partial charge in [0.15, 0.2) is 0 Å². The molecule has 1 radical (unpaired) electrons. The molecule has 0 aromatic heterocycles. The molecule has 35 valence electrons. The van der Waals surface area contributed by atoms with Gasteiger partial charge in [0.2, 0.25) is 0 Å². The summed E-state index contributed by atoms with van der Waals surface area (Å²) in [6.45, 7) is 0. The van der Waals surface area contributed by atoms with E-state index in [1.54, 1.807) is 0 Å². The molecule has 0 aromatic rings. The molecule has 0 saturated heterocycles. The third-order valence-corrected chi connectivity index (χ3v) is 0.859. The predicted octanol–water partition coefficient (Wildman–Crippen LogP) is -0.112. The van der Waals surface area contributed by atoms with Gasteiger partial charge in [-0.3, -0.25) is 0 Å². The zero-order chi connectivity index (χ0) is 4.41. The third-order valence-electron chi connectivity index (χ3n) is 0.859. The molecule has 2 heteroatoms. The summed E-state index contributed by atoms with van der Waals surface area (Å²) in [6.07, 6.45) is 2.58. The number of nitrogens with zero attached hydrogens (tertiary/aromatic N) is 1. The molecule has 1 aliphatic rings. The van der Waals surface area contributed by atoms with Crippen molar-refractivity contribution in [3.63, 3.8) is 0 Å². The highest BCUT2D eigenvalue weighted by Gasteiger charge is 2.20. The molecule has 0 aliphatic heterocycles. The van der Waals surface area contributed by atoms with E-state index in [2.05, 4.69) is 10.9 Å². The lowest BCUT2D eigenvalue weighted by Crippen LogP contribution is -2.20. The summed E-state index contributed by atoms with van der Waals surface area (Å²) < 4.78 is 0. The first-order chi connectivity index (χ1) is 2.93. The van der Waals surface area contributed by atoms with Gasteiger partial charge in [-0.15, -0.1) is 0 Å². The molecule has 6 heavy (non-hydrogen) atoms. The van der Waals surface area contributed by atoms with Crippen LogP contribution in [0.1, 0.15) is 12.8 Å². The summed E-state index contributed by atoms with van der Waals surface area (Å²) in [7, 11) is 1.85. The maximum atomic E-state index is 3.99. The molecule has 0 heterocycles. The van der Waals surface area contributed by atoms with Crippen LogP contribution < -0.4 is 10.9 Å². The van der Waals surface area contributed by atoms with Crippen LogP contribution in [0.15, 0.2) is 0 Å². The van der Waals surface area contributed by atoms with Gasteiger partial charge in [0.05, 0.1) is 0 Å². The van der Waals surface area contributed by atoms with Crippen LogP contribution in [0.5, 0.6) is 0 Å². The summed E-state index contributed by atoms with van der Waals surface area (Å²) in [5.41, 5.74) is 6.74. The average molecular weight is 85.1 g/mol. The number of rotatable bonds is 2. The molecule has 2 nitrogen and oxygen atoms in total. The van der Waals surface area contributed by atoms with Gasteiger partial charge < -0.3 is 0 Å². The van der Waals surface area contributed by atoms with Gasteiger partial charge in [0.25, 0.3) is 0 Å². The van der Waals surface area contributed by atoms with Gasteiger partial charge in [-0.25, -0.2) is 5.43 Å². The summed E-state index contributed by atoms with van der Waals surface area (Å²) in [5, 5.41) is 0. The van der Waals surface area contributed by atoms with Crippen LogP contribution in [0, 0.1) is 0 Å². The van der Waals surface area contributed by atoms with Crippen LogP contribution in [0.2, 0.25) is 0 Å². The zero-order valence-corrected chi connectivity index (χ0v) is 3.94. The van der Waals surface area contributed by atoms with Crippen LogP contribution >= 0.6 is 0 Å². The number of hydrogen-bond donors (Lipinski definition) is 1. The van der Waals surface area contributed by atoms with Gasteiger partial charge in [0, 0.05) is 13.1 Å². The number of hydrogen-bond acceptors (Lipinski definition) is 1. The summed E-state index contributed by atoms with van der Waals surface area (Å²) in [6, 6.07) is 0.662. The maximum Gasteiger partial charge on any atom is 0.0417 e.